The summed E-state index contributed by atoms with van der Waals surface area (Å²) in [6.07, 6.45) is 5.45. The molecule has 37 heavy (non-hydrogen) atoms. The Balaban J connectivity index is 1.29. The molecule has 0 aliphatic carbocycles. The molecule has 1 N–H and O–H groups in total. The summed E-state index contributed by atoms with van der Waals surface area (Å²) in [6.45, 7) is 11.7. The maximum atomic E-state index is 13.8. The van der Waals surface area contributed by atoms with Gasteiger partial charge < -0.3 is 19.4 Å². The van der Waals surface area contributed by atoms with E-state index in [9.17, 15) is 9.59 Å². The molecule has 9 heteroatoms. The van der Waals surface area contributed by atoms with Crippen molar-refractivity contribution in [1.29, 1.82) is 0 Å². The van der Waals surface area contributed by atoms with Gasteiger partial charge in [-0.1, -0.05) is 0 Å². The van der Waals surface area contributed by atoms with Crippen LogP contribution in [0.2, 0.25) is 0 Å². The minimum absolute atomic E-state index is 0.0582. The lowest BCUT2D eigenvalue weighted by molar-refractivity contribution is -0.0871. The van der Waals surface area contributed by atoms with Crippen molar-refractivity contribution in [2.24, 2.45) is 0 Å². The molecule has 1 amide bonds. The number of aromatic nitrogens is 3. The van der Waals surface area contributed by atoms with Crippen molar-refractivity contribution in [2.45, 2.75) is 64.1 Å². The summed E-state index contributed by atoms with van der Waals surface area (Å²) in [5.41, 5.74) is 2.90. The van der Waals surface area contributed by atoms with Gasteiger partial charge in [0.05, 0.1) is 34.3 Å². The van der Waals surface area contributed by atoms with E-state index in [1.807, 2.05) is 28.6 Å². The van der Waals surface area contributed by atoms with Crippen molar-refractivity contribution >= 4 is 27.7 Å². The normalized spacial score (nSPS) is 23.6. The number of hydrogen-bond acceptors (Lipinski definition) is 6. The molecule has 3 saturated heterocycles. The number of H-pyrrole nitrogens is 1. The van der Waals surface area contributed by atoms with Gasteiger partial charge in [-0.25, -0.2) is 0 Å². The van der Waals surface area contributed by atoms with Crippen LogP contribution in [0.5, 0.6) is 0 Å². The Hall–Kier alpha value is -2.75. The molecule has 0 radical (unpaired) electrons. The summed E-state index contributed by atoms with van der Waals surface area (Å²) in [7, 11) is 0. The maximum absolute atomic E-state index is 13.8. The number of amides is 1. The number of benzene rings is 1. The van der Waals surface area contributed by atoms with Gasteiger partial charge in [-0.05, 0) is 64.2 Å². The Morgan fingerprint density at radius 1 is 1.03 bits per heavy atom. The van der Waals surface area contributed by atoms with Crippen LogP contribution in [0.15, 0.2) is 23.1 Å². The topological polar surface area (TPSA) is 92.7 Å². The summed E-state index contributed by atoms with van der Waals surface area (Å²) < 4.78 is 13.4. The Bertz CT molecular complexity index is 1380. The fourth-order valence-electron chi connectivity index (χ4n) is 6.40. The first-order valence-electron chi connectivity index (χ1n) is 13.6. The molecule has 1 aromatic carbocycles. The largest absolute Gasteiger partial charge is 0.381 e. The molecule has 0 saturated carbocycles. The van der Waals surface area contributed by atoms with Crippen LogP contribution in [0, 0.1) is 6.92 Å². The SMILES string of the molecule is Cc1cc2[nH]c(=O)c3cnn(C4CCOCC4)c3c2cc1C(=O)N1CCN(C2CCOC(C)(C)C2)CC1. The van der Waals surface area contributed by atoms with Crippen LogP contribution in [-0.4, -0.2) is 88.1 Å². The number of pyridine rings is 1. The van der Waals surface area contributed by atoms with E-state index in [1.54, 1.807) is 6.20 Å². The van der Waals surface area contributed by atoms with Crippen molar-refractivity contribution < 1.29 is 14.3 Å². The first kappa shape index (κ1) is 24.6. The lowest BCUT2D eigenvalue weighted by Gasteiger charge is -2.44. The molecule has 0 spiro atoms. The van der Waals surface area contributed by atoms with Gasteiger partial charge in [0.1, 0.15) is 0 Å². The van der Waals surface area contributed by atoms with E-state index >= 15 is 0 Å². The van der Waals surface area contributed by atoms with E-state index < -0.39 is 0 Å². The number of nitrogens with one attached hydrogen (secondary N) is 1. The minimum Gasteiger partial charge on any atom is -0.381 e. The lowest BCUT2D eigenvalue weighted by Crippen LogP contribution is -2.55. The van der Waals surface area contributed by atoms with Crippen LogP contribution < -0.4 is 5.56 Å². The maximum Gasteiger partial charge on any atom is 0.259 e. The minimum atomic E-state index is -0.147. The summed E-state index contributed by atoms with van der Waals surface area (Å²) in [5.74, 6) is 0.0582. The van der Waals surface area contributed by atoms with Gasteiger partial charge >= 0.3 is 0 Å². The molecule has 3 fully saturated rings. The third-order valence-electron chi connectivity index (χ3n) is 8.46. The Morgan fingerprint density at radius 2 is 1.76 bits per heavy atom. The predicted molar refractivity (Wildman–Crippen MR) is 142 cm³/mol. The summed E-state index contributed by atoms with van der Waals surface area (Å²) in [5, 5.41) is 6.05. The highest BCUT2D eigenvalue weighted by molar-refractivity contribution is 6.07. The van der Waals surface area contributed by atoms with E-state index in [2.05, 4.69) is 28.8 Å². The van der Waals surface area contributed by atoms with Crippen LogP contribution in [0.1, 0.15) is 61.5 Å². The van der Waals surface area contributed by atoms with Crippen LogP contribution in [0.3, 0.4) is 0 Å². The molecule has 3 aromatic rings. The fourth-order valence-corrected chi connectivity index (χ4v) is 6.40. The van der Waals surface area contributed by atoms with Crippen molar-refractivity contribution in [1.82, 2.24) is 24.6 Å². The predicted octanol–water partition coefficient (Wildman–Crippen LogP) is 3.25. The molecule has 2 aromatic heterocycles. The number of piperazine rings is 1. The van der Waals surface area contributed by atoms with E-state index in [1.165, 1.54) is 0 Å². The number of rotatable bonds is 3. The standard InChI is InChI=1S/C28H37N5O4/c1-18-14-24-22(25-23(26(34)30-24)17-29-33(25)19-4-11-36-12-5-19)15-21(18)27(35)32-9-7-31(8-10-32)20-6-13-37-28(2,3)16-20/h14-15,17,19-20H,4-13,16H2,1-3H3,(H,30,34). The Morgan fingerprint density at radius 3 is 2.49 bits per heavy atom. The molecular weight excluding hydrogens is 470 g/mol. The average molecular weight is 508 g/mol. The lowest BCUT2D eigenvalue weighted by atomic mass is 9.92. The molecule has 3 aliphatic rings. The average Bonchev–Trinajstić information content (AvgIpc) is 3.34. The fraction of sp³-hybridized carbons (Fsp3) is 0.607. The highest BCUT2D eigenvalue weighted by Crippen LogP contribution is 2.31. The number of hydrogen-bond donors (Lipinski definition) is 1. The number of aromatic amines is 1. The highest BCUT2D eigenvalue weighted by atomic mass is 16.5. The zero-order chi connectivity index (χ0) is 25.7. The van der Waals surface area contributed by atoms with Crippen LogP contribution >= 0.6 is 0 Å². The first-order chi connectivity index (χ1) is 17.8. The van der Waals surface area contributed by atoms with Gasteiger partial charge in [0.15, 0.2) is 0 Å². The number of ether oxygens (including phenoxy) is 2. The summed E-state index contributed by atoms with van der Waals surface area (Å²) in [6, 6.07) is 4.60. The van der Waals surface area contributed by atoms with Crippen LogP contribution in [0.4, 0.5) is 0 Å². The number of carbonyl (C=O) groups is 1. The smallest absolute Gasteiger partial charge is 0.259 e. The van der Waals surface area contributed by atoms with Gasteiger partial charge in [0.2, 0.25) is 0 Å². The number of aryl methyl sites for hydroxylation is 1. The van der Waals surface area contributed by atoms with Gasteiger partial charge in [0, 0.05) is 63.0 Å². The second-order valence-corrected chi connectivity index (χ2v) is 11.4. The van der Waals surface area contributed by atoms with E-state index in [4.69, 9.17) is 9.47 Å². The van der Waals surface area contributed by atoms with Gasteiger partial charge in [-0.15, -0.1) is 0 Å². The highest BCUT2D eigenvalue weighted by Gasteiger charge is 2.34. The molecule has 6 rings (SSSR count). The van der Waals surface area contributed by atoms with Gasteiger partial charge in [0.25, 0.3) is 11.5 Å². The Labute approximate surface area is 216 Å². The van der Waals surface area contributed by atoms with Crippen molar-refractivity contribution in [3.8, 4) is 0 Å². The van der Waals surface area contributed by atoms with Gasteiger partial charge in [-0.2, -0.15) is 5.10 Å². The molecule has 1 atom stereocenters. The molecule has 5 heterocycles. The molecular formula is C28H37N5O4. The first-order valence-corrected chi connectivity index (χ1v) is 13.6. The third kappa shape index (κ3) is 4.57. The zero-order valence-electron chi connectivity index (χ0n) is 22.1. The molecule has 3 aliphatic heterocycles. The van der Waals surface area contributed by atoms with E-state index in [-0.39, 0.29) is 23.1 Å². The number of fused-ring (bicyclic) bond motifs is 3. The van der Waals surface area contributed by atoms with E-state index in [0.717, 1.165) is 80.5 Å². The number of carbonyl (C=O) groups excluding carboxylic acids is 1. The third-order valence-corrected chi connectivity index (χ3v) is 8.46. The van der Waals surface area contributed by atoms with Crippen molar-refractivity contribution in [2.75, 3.05) is 46.0 Å². The molecule has 0 bridgehead atoms. The second kappa shape index (κ2) is 9.53. The Kier molecular flexibility index (Phi) is 6.33. The van der Waals surface area contributed by atoms with Crippen LogP contribution in [-0.2, 0) is 9.47 Å². The molecule has 1 unspecified atom stereocenters. The van der Waals surface area contributed by atoms with Crippen molar-refractivity contribution in [3.05, 3.63) is 39.8 Å². The quantitative estimate of drug-likeness (QED) is 0.585. The molecule has 198 valence electrons. The van der Waals surface area contributed by atoms with Crippen LogP contribution in [0.25, 0.3) is 21.8 Å². The summed E-state index contributed by atoms with van der Waals surface area (Å²) in [4.78, 5) is 34.1. The number of nitrogens with zero attached hydrogens (tertiary/aromatic N) is 4. The van der Waals surface area contributed by atoms with Crippen molar-refractivity contribution in [3.63, 3.8) is 0 Å². The van der Waals surface area contributed by atoms with Gasteiger partial charge in [-0.3, -0.25) is 19.2 Å². The van der Waals surface area contributed by atoms with E-state index in [0.29, 0.717) is 30.2 Å². The monoisotopic (exact) mass is 507 g/mol. The second-order valence-electron chi connectivity index (χ2n) is 11.4. The molecule has 9 nitrogen and oxygen atoms in total. The summed E-state index contributed by atoms with van der Waals surface area (Å²) >= 11 is 0. The zero-order valence-corrected chi connectivity index (χ0v) is 22.1.